The molecule has 1 amide bonds. The summed E-state index contributed by atoms with van der Waals surface area (Å²) in [6.07, 6.45) is 0.409. The summed E-state index contributed by atoms with van der Waals surface area (Å²) >= 11 is 5.08. The van der Waals surface area contributed by atoms with Gasteiger partial charge in [0.1, 0.15) is 5.60 Å². The summed E-state index contributed by atoms with van der Waals surface area (Å²) in [6.45, 7) is 6.64. The van der Waals surface area contributed by atoms with Crippen LogP contribution in [0.4, 0.5) is 10.6 Å². The van der Waals surface area contributed by atoms with Crippen LogP contribution in [0.3, 0.4) is 0 Å². The number of aromatic nitrogens is 2. The molecular weight excluding hydrogens is 290 g/mol. The molecule has 0 saturated heterocycles. The molecule has 1 aromatic heterocycles. The van der Waals surface area contributed by atoms with Gasteiger partial charge in [-0.25, -0.2) is 4.79 Å². The number of nitrogens with one attached hydrogen (secondary N) is 3. The summed E-state index contributed by atoms with van der Waals surface area (Å²) in [5.41, 5.74) is 1.48. The average Bonchev–Trinajstić information content (AvgIpc) is 2.79. The molecule has 1 aromatic rings. The Morgan fingerprint density at radius 2 is 2.19 bits per heavy atom. The van der Waals surface area contributed by atoms with Crippen LogP contribution in [0.25, 0.3) is 0 Å². The van der Waals surface area contributed by atoms with E-state index in [1.807, 2.05) is 20.8 Å². The number of thiocarbonyl (C=S) groups is 1. The van der Waals surface area contributed by atoms with Gasteiger partial charge in [-0.3, -0.25) is 5.10 Å². The van der Waals surface area contributed by atoms with Crippen molar-refractivity contribution in [3.05, 3.63) is 11.3 Å². The number of anilines is 1. The van der Waals surface area contributed by atoms with Gasteiger partial charge in [0.05, 0.1) is 6.54 Å². The lowest BCUT2D eigenvalue weighted by Crippen LogP contribution is -2.40. The van der Waals surface area contributed by atoms with Crippen molar-refractivity contribution in [1.29, 1.82) is 0 Å². The third kappa shape index (κ3) is 3.84. The molecule has 3 N–H and O–H groups in total. The van der Waals surface area contributed by atoms with Gasteiger partial charge in [-0.15, -0.1) is 0 Å². The second kappa shape index (κ2) is 5.88. The normalized spacial score (nSPS) is 14.4. The van der Waals surface area contributed by atoms with Gasteiger partial charge in [0.15, 0.2) is 10.9 Å². The van der Waals surface area contributed by atoms with Crippen molar-refractivity contribution in [3.8, 4) is 0 Å². The summed E-state index contributed by atoms with van der Waals surface area (Å²) in [5.74, 6) is 0.651. The lowest BCUT2D eigenvalue weighted by molar-refractivity contribution is 0.0224. The fourth-order valence-corrected chi connectivity index (χ4v) is 2.15. The van der Waals surface area contributed by atoms with E-state index in [-0.39, 0.29) is 6.09 Å². The highest BCUT2D eigenvalue weighted by Crippen LogP contribution is 2.25. The molecule has 0 aromatic carbocycles. The molecule has 0 bridgehead atoms. The summed E-state index contributed by atoms with van der Waals surface area (Å²) in [6, 6.07) is 0. The first-order valence-electron chi connectivity index (χ1n) is 6.83. The molecule has 0 atom stereocenters. The maximum atomic E-state index is 12.1. The van der Waals surface area contributed by atoms with E-state index in [4.69, 9.17) is 17.0 Å². The van der Waals surface area contributed by atoms with Crippen molar-refractivity contribution in [2.24, 2.45) is 0 Å². The molecule has 8 heteroatoms. The number of H-pyrrole nitrogens is 1. The number of hydrogen-bond acceptors (Lipinski definition) is 4. The van der Waals surface area contributed by atoms with Crippen molar-refractivity contribution >= 4 is 29.2 Å². The molecule has 116 valence electrons. The summed E-state index contributed by atoms with van der Waals surface area (Å²) in [7, 11) is 1.74. The van der Waals surface area contributed by atoms with E-state index in [1.165, 1.54) is 0 Å². The highest BCUT2D eigenvalue weighted by Gasteiger charge is 2.28. The first-order valence-corrected chi connectivity index (χ1v) is 7.24. The Morgan fingerprint density at radius 3 is 2.81 bits per heavy atom. The molecule has 21 heavy (non-hydrogen) atoms. The number of aromatic amines is 1. The minimum atomic E-state index is -0.497. The average molecular weight is 311 g/mol. The largest absolute Gasteiger partial charge is 0.444 e. The first kappa shape index (κ1) is 15.6. The van der Waals surface area contributed by atoms with Crippen molar-refractivity contribution in [3.63, 3.8) is 0 Å². The number of ether oxygens (including phenoxy) is 1. The van der Waals surface area contributed by atoms with E-state index >= 15 is 0 Å². The number of carbonyl (C=O) groups excluding carboxylic acids is 1. The van der Waals surface area contributed by atoms with Crippen molar-refractivity contribution in [1.82, 2.24) is 20.4 Å². The topological polar surface area (TPSA) is 82.3 Å². The molecule has 0 spiro atoms. The molecule has 2 heterocycles. The summed E-state index contributed by atoms with van der Waals surface area (Å²) in [4.78, 5) is 13.8. The van der Waals surface area contributed by atoms with Crippen LogP contribution in [0.1, 0.15) is 32.0 Å². The van der Waals surface area contributed by atoms with Crippen LogP contribution in [0.15, 0.2) is 0 Å². The number of amides is 1. The van der Waals surface area contributed by atoms with Crippen LogP contribution in [0.2, 0.25) is 0 Å². The number of nitrogens with zero attached hydrogens (tertiary/aromatic N) is 2. The minimum absolute atomic E-state index is 0.309. The highest BCUT2D eigenvalue weighted by molar-refractivity contribution is 7.80. The van der Waals surface area contributed by atoms with Gasteiger partial charge >= 0.3 is 6.09 Å². The maximum absolute atomic E-state index is 12.1. The van der Waals surface area contributed by atoms with Crippen molar-refractivity contribution < 1.29 is 9.53 Å². The number of rotatable bonds is 1. The van der Waals surface area contributed by atoms with Crippen LogP contribution < -0.4 is 10.6 Å². The van der Waals surface area contributed by atoms with Gasteiger partial charge in [-0.2, -0.15) is 5.10 Å². The Hall–Kier alpha value is -1.83. The molecule has 0 aliphatic carbocycles. The zero-order valence-corrected chi connectivity index (χ0v) is 13.6. The van der Waals surface area contributed by atoms with Crippen LogP contribution >= 0.6 is 12.2 Å². The minimum Gasteiger partial charge on any atom is -0.444 e. The fraction of sp³-hybridized carbons (Fsp3) is 0.615. The molecule has 0 unspecified atom stereocenters. The van der Waals surface area contributed by atoms with E-state index in [1.54, 1.807) is 11.9 Å². The zero-order valence-electron chi connectivity index (χ0n) is 12.7. The van der Waals surface area contributed by atoms with Crippen LogP contribution in [-0.4, -0.2) is 45.5 Å². The SMILES string of the molecule is CNC(=S)Nc1n[nH]c2c1CN(C(=O)OC(C)(C)C)CC2. The molecule has 1 aliphatic heterocycles. The van der Waals surface area contributed by atoms with E-state index in [2.05, 4.69) is 20.8 Å². The fourth-order valence-electron chi connectivity index (χ4n) is 2.05. The number of carbonyl (C=O) groups is 1. The van der Waals surface area contributed by atoms with Gasteiger partial charge in [-0.1, -0.05) is 0 Å². The lowest BCUT2D eigenvalue weighted by Gasteiger charge is -2.30. The van der Waals surface area contributed by atoms with E-state index in [0.717, 1.165) is 17.7 Å². The van der Waals surface area contributed by atoms with Gasteiger partial charge in [0.25, 0.3) is 0 Å². The highest BCUT2D eigenvalue weighted by atomic mass is 32.1. The standard InChI is InChI=1S/C13H21N5O2S/c1-13(2,3)20-12(19)18-6-5-9-8(7-18)10(17-16-9)15-11(21)14-4/h5-7H2,1-4H3,(H3,14,15,16,17,21). The molecular formula is C13H21N5O2S. The van der Waals surface area contributed by atoms with Gasteiger partial charge in [0, 0.05) is 31.3 Å². The monoisotopic (exact) mass is 311 g/mol. The summed E-state index contributed by atoms with van der Waals surface area (Å²) < 4.78 is 5.41. The Bertz CT molecular complexity index is 549. The van der Waals surface area contributed by atoms with Gasteiger partial charge in [-0.05, 0) is 33.0 Å². The zero-order chi connectivity index (χ0) is 15.6. The van der Waals surface area contributed by atoms with E-state index in [9.17, 15) is 4.79 Å². The van der Waals surface area contributed by atoms with Gasteiger partial charge in [0.2, 0.25) is 0 Å². The number of fused-ring (bicyclic) bond motifs is 1. The van der Waals surface area contributed by atoms with Crippen molar-refractivity contribution in [2.75, 3.05) is 18.9 Å². The molecule has 2 rings (SSSR count). The second-order valence-electron chi connectivity index (χ2n) is 5.89. The van der Waals surface area contributed by atoms with E-state index < -0.39 is 5.60 Å². The smallest absolute Gasteiger partial charge is 0.410 e. The Morgan fingerprint density at radius 1 is 1.48 bits per heavy atom. The Balaban J connectivity index is 2.10. The van der Waals surface area contributed by atoms with Crippen LogP contribution in [0.5, 0.6) is 0 Å². The Kier molecular flexibility index (Phi) is 4.36. The first-order chi connectivity index (χ1) is 9.80. The van der Waals surface area contributed by atoms with Crippen LogP contribution in [-0.2, 0) is 17.7 Å². The predicted octanol–water partition coefficient (Wildman–Crippen LogP) is 1.62. The number of hydrogen-bond donors (Lipinski definition) is 3. The quantitative estimate of drug-likeness (QED) is 0.684. The maximum Gasteiger partial charge on any atom is 0.410 e. The van der Waals surface area contributed by atoms with Gasteiger partial charge < -0.3 is 20.3 Å². The predicted molar refractivity (Wildman–Crippen MR) is 84.2 cm³/mol. The Labute approximate surface area is 129 Å². The molecule has 0 saturated carbocycles. The third-order valence-corrected chi connectivity index (χ3v) is 3.35. The molecule has 7 nitrogen and oxygen atoms in total. The van der Waals surface area contributed by atoms with E-state index in [0.29, 0.717) is 24.0 Å². The van der Waals surface area contributed by atoms with Crippen LogP contribution in [0, 0.1) is 0 Å². The molecule has 1 aliphatic rings. The van der Waals surface area contributed by atoms with Crippen molar-refractivity contribution in [2.45, 2.75) is 39.3 Å². The molecule has 0 fully saturated rings. The lowest BCUT2D eigenvalue weighted by atomic mass is 10.1. The summed E-state index contributed by atoms with van der Waals surface area (Å²) in [5, 5.41) is 13.5. The molecule has 0 radical (unpaired) electrons. The second-order valence-corrected chi connectivity index (χ2v) is 6.29. The third-order valence-electron chi connectivity index (χ3n) is 3.04.